The average Bonchev–Trinajstić information content (AvgIpc) is 2.69. The third kappa shape index (κ3) is 4.91. The van der Waals surface area contributed by atoms with E-state index in [9.17, 15) is 9.59 Å². The number of aromatic nitrogens is 2. The molecule has 1 saturated heterocycles. The molecule has 1 aromatic rings. The predicted octanol–water partition coefficient (Wildman–Crippen LogP) is 1.07. The van der Waals surface area contributed by atoms with Gasteiger partial charge in [-0.2, -0.15) is 0 Å². The van der Waals surface area contributed by atoms with Crippen molar-refractivity contribution < 1.29 is 19.1 Å². The first-order chi connectivity index (χ1) is 12.7. The molecular formula is C18H26N4O4. The fourth-order valence-electron chi connectivity index (χ4n) is 3.47. The Kier molecular flexibility index (Phi) is 6.38. The number of amides is 2. The number of carbonyl (C=O) groups excluding carboxylic acids is 2. The lowest BCUT2D eigenvalue weighted by molar-refractivity contribution is -0.127. The maximum absolute atomic E-state index is 12.4. The lowest BCUT2D eigenvalue weighted by Gasteiger charge is -2.30. The van der Waals surface area contributed by atoms with Crippen LogP contribution in [0.3, 0.4) is 0 Å². The van der Waals surface area contributed by atoms with E-state index in [1.54, 1.807) is 0 Å². The van der Waals surface area contributed by atoms with Crippen LogP contribution in [-0.4, -0.2) is 54.2 Å². The van der Waals surface area contributed by atoms with Gasteiger partial charge in [-0.15, -0.1) is 0 Å². The van der Waals surface area contributed by atoms with Crippen LogP contribution in [0.4, 0.5) is 0 Å². The van der Waals surface area contributed by atoms with Gasteiger partial charge in [0, 0.05) is 43.6 Å². The Labute approximate surface area is 153 Å². The van der Waals surface area contributed by atoms with E-state index in [0.717, 1.165) is 51.7 Å². The summed E-state index contributed by atoms with van der Waals surface area (Å²) in [6, 6.07) is 0.554. The van der Waals surface area contributed by atoms with Crippen molar-refractivity contribution >= 4 is 11.8 Å². The molecule has 2 heterocycles. The topological polar surface area (TPSA) is 102 Å². The third-order valence-corrected chi connectivity index (χ3v) is 5.07. The molecule has 0 radical (unpaired) electrons. The first-order valence-electron chi connectivity index (χ1n) is 9.20. The number of nitrogens with zero attached hydrogens (tertiary/aromatic N) is 2. The Bertz CT molecular complexity index is 608. The maximum atomic E-state index is 12.4. The fraction of sp³-hybridized carbons (Fsp3) is 0.667. The molecular weight excluding hydrogens is 336 g/mol. The van der Waals surface area contributed by atoms with Gasteiger partial charge in [0.2, 0.25) is 5.91 Å². The number of carbonyl (C=O) groups is 2. The van der Waals surface area contributed by atoms with Crippen molar-refractivity contribution in [1.82, 2.24) is 20.6 Å². The summed E-state index contributed by atoms with van der Waals surface area (Å²) in [6.45, 7) is 1.44. The number of hydrogen-bond acceptors (Lipinski definition) is 6. The standard InChI is InChI=1S/C18H26N4O4/c1-25-18-19-10-13(11-20-18)17(24)21-14-4-2-12(3-5-14)16(23)22-15-6-8-26-9-7-15/h10-12,14-15H,2-9H2,1H3,(H,21,24)(H,22,23). The SMILES string of the molecule is COc1ncc(C(=O)NC2CCC(C(=O)NC3CCOCC3)CC2)cn1. The van der Waals surface area contributed by atoms with Gasteiger partial charge in [-0.05, 0) is 38.5 Å². The van der Waals surface area contributed by atoms with E-state index in [4.69, 9.17) is 9.47 Å². The maximum Gasteiger partial charge on any atom is 0.316 e. The summed E-state index contributed by atoms with van der Waals surface area (Å²) >= 11 is 0. The van der Waals surface area contributed by atoms with Gasteiger partial charge in [0.05, 0.1) is 12.7 Å². The van der Waals surface area contributed by atoms with Crippen LogP contribution in [0.2, 0.25) is 0 Å². The second-order valence-corrected chi connectivity index (χ2v) is 6.88. The third-order valence-electron chi connectivity index (χ3n) is 5.07. The van der Waals surface area contributed by atoms with Crippen LogP contribution >= 0.6 is 0 Å². The van der Waals surface area contributed by atoms with Crippen LogP contribution in [0.15, 0.2) is 12.4 Å². The van der Waals surface area contributed by atoms with Gasteiger partial charge in [0.1, 0.15) is 0 Å². The van der Waals surface area contributed by atoms with E-state index in [-0.39, 0.29) is 35.8 Å². The van der Waals surface area contributed by atoms with Crippen molar-refractivity contribution in [1.29, 1.82) is 0 Å². The highest BCUT2D eigenvalue weighted by atomic mass is 16.5. The number of methoxy groups -OCH3 is 1. The summed E-state index contributed by atoms with van der Waals surface area (Å²) < 4.78 is 10.2. The number of rotatable bonds is 5. The normalized spacial score (nSPS) is 23.9. The first-order valence-corrected chi connectivity index (χ1v) is 9.20. The van der Waals surface area contributed by atoms with Gasteiger partial charge in [0.25, 0.3) is 5.91 Å². The highest BCUT2D eigenvalue weighted by Gasteiger charge is 2.29. The minimum atomic E-state index is -0.192. The molecule has 1 aliphatic carbocycles. The van der Waals surface area contributed by atoms with Crippen molar-refractivity contribution in [2.75, 3.05) is 20.3 Å². The van der Waals surface area contributed by atoms with Gasteiger partial charge in [-0.1, -0.05) is 0 Å². The zero-order valence-electron chi connectivity index (χ0n) is 15.1. The van der Waals surface area contributed by atoms with E-state index >= 15 is 0 Å². The molecule has 2 amide bonds. The average molecular weight is 362 g/mol. The molecule has 0 bridgehead atoms. The Morgan fingerprint density at radius 3 is 2.23 bits per heavy atom. The second kappa shape index (κ2) is 8.93. The highest BCUT2D eigenvalue weighted by Crippen LogP contribution is 2.25. The van der Waals surface area contributed by atoms with Crippen molar-refractivity contribution in [2.45, 2.75) is 50.6 Å². The zero-order chi connectivity index (χ0) is 18.4. The van der Waals surface area contributed by atoms with E-state index in [0.29, 0.717) is 5.56 Å². The molecule has 2 aliphatic rings. The quantitative estimate of drug-likeness (QED) is 0.812. The molecule has 0 unspecified atom stereocenters. The molecule has 26 heavy (non-hydrogen) atoms. The van der Waals surface area contributed by atoms with Crippen LogP contribution in [0.25, 0.3) is 0 Å². The van der Waals surface area contributed by atoms with E-state index in [1.807, 2.05) is 0 Å². The molecule has 142 valence electrons. The Morgan fingerprint density at radius 1 is 1.00 bits per heavy atom. The first kappa shape index (κ1) is 18.6. The summed E-state index contributed by atoms with van der Waals surface area (Å²) in [5.74, 6) is -0.0108. The zero-order valence-corrected chi connectivity index (χ0v) is 15.1. The van der Waals surface area contributed by atoms with E-state index in [2.05, 4.69) is 20.6 Å². The van der Waals surface area contributed by atoms with Gasteiger partial charge in [-0.3, -0.25) is 9.59 Å². The molecule has 3 rings (SSSR count). The molecule has 0 spiro atoms. The number of hydrogen-bond donors (Lipinski definition) is 2. The van der Waals surface area contributed by atoms with Gasteiger partial charge in [0.15, 0.2) is 0 Å². The van der Waals surface area contributed by atoms with Crippen LogP contribution < -0.4 is 15.4 Å². The molecule has 8 heteroatoms. The monoisotopic (exact) mass is 362 g/mol. The summed E-state index contributed by atoms with van der Waals surface area (Å²) in [7, 11) is 1.48. The molecule has 0 aromatic carbocycles. The Morgan fingerprint density at radius 2 is 1.62 bits per heavy atom. The molecule has 2 N–H and O–H groups in total. The predicted molar refractivity (Wildman–Crippen MR) is 93.8 cm³/mol. The van der Waals surface area contributed by atoms with Gasteiger partial charge >= 0.3 is 6.01 Å². The minimum Gasteiger partial charge on any atom is -0.467 e. The lowest BCUT2D eigenvalue weighted by atomic mass is 9.85. The van der Waals surface area contributed by atoms with Crippen molar-refractivity contribution in [3.8, 4) is 6.01 Å². The molecule has 1 saturated carbocycles. The summed E-state index contributed by atoms with van der Waals surface area (Å²) in [4.78, 5) is 32.6. The molecule has 0 atom stereocenters. The Balaban J connectivity index is 1.42. The van der Waals surface area contributed by atoms with Crippen molar-refractivity contribution in [3.05, 3.63) is 18.0 Å². The smallest absolute Gasteiger partial charge is 0.316 e. The van der Waals surface area contributed by atoms with Crippen molar-refractivity contribution in [2.24, 2.45) is 5.92 Å². The molecule has 1 aliphatic heterocycles. The van der Waals surface area contributed by atoms with Gasteiger partial charge < -0.3 is 20.1 Å². The molecule has 8 nitrogen and oxygen atoms in total. The second-order valence-electron chi connectivity index (χ2n) is 6.88. The van der Waals surface area contributed by atoms with Crippen molar-refractivity contribution in [3.63, 3.8) is 0 Å². The summed E-state index contributed by atoms with van der Waals surface area (Å²) in [5.41, 5.74) is 0.408. The van der Waals surface area contributed by atoms with Crippen LogP contribution in [0, 0.1) is 5.92 Å². The minimum absolute atomic E-state index is 0.0373. The Hall–Kier alpha value is -2.22. The largest absolute Gasteiger partial charge is 0.467 e. The van der Waals surface area contributed by atoms with E-state index in [1.165, 1.54) is 19.5 Å². The van der Waals surface area contributed by atoms with Crippen LogP contribution in [0.5, 0.6) is 6.01 Å². The highest BCUT2D eigenvalue weighted by molar-refractivity contribution is 5.93. The van der Waals surface area contributed by atoms with Crippen LogP contribution in [-0.2, 0) is 9.53 Å². The molecule has 1 aromatic heterocycles. The fourth-order valence-corrected chi connectivity index (χ4v) is 3.47. The van der Waals surface area contributed by atoms with Crippen LogP contribution in [0.1, 0.15) is 48.9 Å². The molecule has 2 fully saturated rings. The number of ether oxygens (including phenoxy) is 2. The van der Waals surface area contributed by atoms with Gasteiger partial charge in [-0.25, -0.2) is 9.97 Å². The van der Waals surface area contributed by atoms with E-state index < -0.39 is 0 Å². The summed E-state index contributed by atoms with van der Waals surface area (Å²) in [6.07, 6.45) is 7.87. The summed E-state index contributed by atoms with van der Waals surface area (Å²) in [5, 5.41) is 6.15. The number of nitrogens with one attached hydrogen (secondary N) is 2. The lowest BCUT2D eigenvalue weighted by Crippen LogP contribution is -2.44.